The molecule has 1 aliphatic carbocycles. The fourth-order valence-electron chi connectivity index (χ4n) is 5.29. The lowest BCUT2D eigenvalue weighted by atomic mass is 9.79. The highest BCUT2D eigenvalue weighted by molar-refractivity contribution is 6.31. The first-order valence-electron chi connectivity index (χ1n) is 12.5. The SMILES string of the molecule is CC(=O)Oc1ccc(OC(C)=O)c2c1C(=O)c1cc(OC(C)=O)c3c(c1C2=O)OC1OC(OC(C)=O)CC31OC(C)=O. The molecule has 5 rings (SSSR count). The Labute approximate surface area is 236 Å². The average molecular weight is 582 g/mol. The number of carbonyl (C=O) groups is 7. The normalized spacial score (nSPS) is 21.2. The molecule has 0 amide bonds. The molecular formula is C28H22O14. The van der Waals surface area contributed by atoms with Crippen LogP contribution in [-0.2, 0) is 43.8 Å². The summed E-state index contributed by atoms with van der Waals surface area (Å²) in [6.45, 7) is 5.49. The van der Waals surface area contributed by atoms with Crippen LogP contribution in [-0.4, -0.2) is 54.0 Å². The van der Waals surface area contributed by atoms with Crippen LogP contribution < -0.4 is 18.9 Å². The Hall–Kier alpha value is -5.11. The molecule has 0 saturated carbocycles. The van der Waals surface area contributed by atoms with E-state index < -0.39 is 65.2 Å². The van der Waals surface area contributed by atoms with Crippen molar-refractivity contribution < 1.29 is 66.7 Å². The van der Waals surface area contributed by atoms with Gasteiger partial charge in [-0.05, 0) is 18.2 Å². The maximum atomic E-state index is 14.2. The molecule has 1 saturated heterocycles. The van der Waals surface area contributed by atoms with E-state index in [2.05, 4.69) is 0 Å². The molecule has 2 aliphatic heterocycles. The van der Waals surface area contributed by atoms with Crippen LogP contribution in [0.2, 0.25) is 0 Å². The second kappa shape index (κ2) is 10.1. The van der Waals surface area contributed by atoms with E-state index in [9.17, 15) is 33.6 Å². The second-order valence-corrected chi connectivity index (χ2v) is 9.56. The third-order valence-electron chi connectivity index (χ3n) is 6.46. The van der Waals surface area contributed by atoms with Gasteiger partial charge in [0.25, 0.3) is 0 Å². The Morgan fingerprint density at radius 3 is 1.81 bits per heavy atom. The van der Waals surface area contributed by atoms with Gasteiger partial charge in [-0.2, -0.15) is 0 Å². The van der Waals surface area contributed by atoms with Gasteiger partial charge in [-0.25, -0.2) is 0 Å². The van der Waals surface area contributed by atoms with E-state index in [0.717, 1.165) is 40.7 Å². The summed E-state index contributed by atoms with van der Waals surface area (Å²) >= 11 is 0. The third kappa shape index (κ3) is 4.55. The summed E-state index contributed by atoms with van der Waals surface area (Å²) in [5.41, 5.74) is -3.44. The molecule has 14 nitrogen and oxygen atoms in total. The van der Waals surface area contributed by atoms with Crippen molar-refractivity contribution in [1.82, 2.24) is 0 Å². The molecule has 0 bridgehead atoms. The maximum Gasteiger partial charge on any atom is 0.308 e. The van der Waals surface area contributed by atoms with Gasteiger partial charge >= 0.3 is 29.8 Å². The maximum absolute atomic E-state index is 14.2. The van der Waals surface area contributed by atoms with E-state index in [4.69, 9.17) is 33.2 Å². The highest BCUT2D eigenvalue weighted by atomic mass is 16.8. The van der Waals surface area contributed by atoms with Crippen molar-refractivity contribution in [2.75, 3.05) is 0 Å². The molecule has 1 fully saturated rings. The van der Waals surface area contributed by atoms with E-state index in [1.807, 2.05) is 0 Å². The zero-order valence-corrected chi connectivity index (χ0v) is 22.8. The molecule has 42 heavy (non-hydrogen) atoms. The Kier molecular flexibility index (Phi) is 6.81. The third-order valence-corrected chi connectivity index (χ3v) is 6.46. The zero-order chi connectivity index (χ0) is 30.7. The topological polar surface area (TPSA) is 184 Å². The van der Waals surface area contributed by atoms with Crippen molar-refractivity contribution in [1.29, 1.82) is 0 Å². The fourth-order valence-corrected chi connectivity index (χ4v) is 5.29. The first kappa shape index (κ1) is 28.4. The van der Waals surface area contributed by atoms with Crippen LogP contribution in [0.25, 0.3) is 0 Å². The predicted octanol–water partition coefficient (Wildman–Crippen LogP) is 2.02. The highest BCUT2D eigenvalue weighted by Crippen LogP contribution is 2.58. The lowest BCUT2D eigenvalue weighted by Crippen LogP contribution is -2.38. The molecule has 0 radical (unpaired) electrons. The lowest BCUT2D eigenvalue weighted by molar-refractivity contribution is -0.204. The van der Waals surface area contributed by atoms with E-state index in [0.29, 0.717) is 0 Å². The molecule has 3 unspecified atom stereocenters. The minimum Gasteiger partial charge on any atom is -0.459 e. The van der Waals surface area contributed by atoms with E-state index in [1.54, 1.807) is 0 Å². The summed E-state index contributed by atoms with van der Waals surface area (Å²) in [5, 5.41) is 0. The van der Waals surface area contributed by atoms with Crippen LogP contribution in [0.15, 0.2) is 18.2 Å². The van der Waals surface area contributed by atoms with Gasteiger partial charge in [0.05, 0.1) is 28.7 Å². The lowest BCUT2D eigenvalue weighted by Gasteiger charge is -2.27. The van der Waals surface area contributed by atoms with E-state index >= 15 is 0 Å². The Balaban J connectivity index is 1.79. The molecule has 3 aliphatic rings. The van der Waals surface area contributed by atoms with Crippen LogP contribution in [0.5, 0.6) is 23.0 Å². The van der Waals surface area contributed by atoms with Gasteiger partial charge in [-0.15, -0.1) is 0 Å². The first-order chi connectivity index (χ1) is 19.7. The van der Waals surface area contributed by atoms with Crippen LogP contribution in [0, 0.1) is 0 Å². The summed E-state index contributed by atoms with van der Waals surface area (Å²) in [4.78, 5) is 87.8. The average Bonchev–Trinajstić information content (AvgIpc) is 3.32. The number of rotatable bonds is 5. The van der Waals surface area contributed by atoms with Crippen LogP contribution in [0.3, 0.4) is 0 Å². The van der Waals surface area contributed by atoms with Crippen molar-refractivity contribution in [2.45, 2.75) is 59.2 Å². The number of ketones is 2. The fraction of sp³-hybridized carbons (Fsp3) is 0.321. The standard InChI is InChI=1S/C28H22O14/c1-10(29)36-16-6-7-17(37-11(2)30)22-21(16)24(34)15-8-18(38-12(3)31)23-26(20(15)25(22)35)41-27-28(23,42-14(5)33)9-19(40-27)39-13(4)32/h6-8,19,27H,9H2,1-5H3. The predicted molar refractivity (Wildman–Crippen MR) is 133 cm³/mol. The van der Waals surface area contributed by atoms with Crippen molar-refractivity contribution in [3.63, 3.8) is 0 Å². The van der Waals surface area contributed by atoms with Crippen molar-refractivity contribution in [3.05, 3.63) is 46.0 Å². The monoisotopic (exact) mass is 582 g/mol. The Bertz CT molecular complexity index is 1640. The van der Waals surface area contributed by atoms with Gasteiger partial charge in [0.15, 0.2) is 5.78 Å². The summed E-state index contributed by atoms with van der Waals surface area (Å²) in [6.07, 6.45) is -3.06. The second-order valence-electron chi connectivity index (χ2n) is 9.56. The van der Waals surface area contributed by atoms with Crippen molar-refractivity contribution >= 4 is 41.4 Å². The number of hydrogen-bond acceptors (Lipinski definition) is 14. The smallest absolute Gasteiger partial charge is 0.308 e. The van der Waals surface area contributed by atoms with Gasteiger partial charge in [0.2, 0.25) is 24.0 Å². The summed E-state index contributed by atoms with van der Waals surface area (Å²) in [6, 6.07) is 3.46. The minimum absolute atomic E-state index is 0.124. The van der Waals surface area contributed by atoms with Gasteiger partial charge < -0.3 is 28.4 Å². The Morgan fingerprint density at radius 1 is 0.738 bits per heavy atom. The van der Waals surface area contributed by atoms with Crippen LogP contribution in [0.1, 0.15) is 78.4 Å². The summed E-state index contributed by atoms with van der Waals surface area (Å²) in [7, 11) is 0. The molecule has 0 aromatic heterocycles. The minimum atomic E-state index is -1.87. The molecule has 0 N–H and O–H groups in total. The van der Waals surface area contributed by atoms with Gasteiger partial charge in [-0.1, -0.05) is 0 Å². The summed E-state index contributed by atoms with van der Waals surface area (Å²) < 4.78 is 38.2. The van der Waals surface area contributed by atoms with E-state index in [1.165, 1.54) is 12.1 Å². The number of benzene rings is 2. The van der Waals surface area contributed by atoms with E-state index in [-0.39, 0.29) is 51.7 Å². The number of esters is 5. The van der Waals surface area contributed by atoms with Crippen LogP contribution in [0.4, 0.5) is 0 Å². The molecule has 2 heterocycles. The largest absolute Gasteiger partial charge is 0.459 e. The summed E-state index contributed by atoms with van der Waals surface area (Å²) in [5.74, 6) is -6.89. The number of fused-ring (bicyclic) bond motifs is 6. The van der Waals surface area contributed by atoms with Gasteiger partial charge in [0.1, 0.15) is 23.0 Å². The molecule has 3 atom stereocenters. The van der Waals surface area contributed by atoms with Gasteiger partial charge in [0, 0.05) is 40.2 Å². The quantitative estimate of drug-likeness (QED) is 0.314. The van der Waals surface area contributed by atoms with Crippen molar-refractivity contribution in [3.8, 4) is 23.0 Å². The molecule has 218 valence electrons. The van der Waals surface area contributed by atoms with Crippen LogP contribution >= 0.6 is 0 Å². The molecule has 2 aromatic rings. The molecule has 2 aromatic carbocycles. The van der Waals surface area contributed by atoms with Crippen molar-refractivity contribution in [2.24, 2.45) is 0 Å². The number of ether oxygens (including phenoxy) is 7. The first-order valence-corrected chi connectivity index (χ1v) is 12.5. The zero-order valence-electron chi connectivity index (χ0n) is 22.8. The molecule has 14 heteroatoms. The molecule has 0 spiro atoms. The highest BCUT2D eigenvalue weighted by Gasteiger charge is 2.64. The molecular weight excluding hydrogens is 560 g/mol. The Morgan fingerprint density at radius 2 is 1.29 bits per heavy atom. The number of hydrogen-bond donors (Lipinski definition) is 0. The van der Waals surface area contributed by atoms with Gasteiger partial charge in [-0.3, -0.25) is 38.3 Å². The number of carbonyl (C=O) groups excluding carboxylic acids is 7.